The van der Waals surface area contributed by atoms with Crippen molar-refractivity contribution in [2.75, 3.05) is 26.3 Å². The molecule has 0 aliphatic rings. The highest BCUT2D eigenvalue weighted by molar-refractivity contribution is 5.81. The van der Waals surface area contributed by atoms with Crippen LogP contribution in [0.25, 0.3) is 0 Å². The van der Waals surface area contributed by atoms with Crippen molar-refractivity contribution < 1.29 is 9.53 Å². The normalized spacial score (nSPS) is 12.5. The van der Waals surface area contributed by atoms with Crippen LogP contribution in [-0.4, -0.2) is 38.3 Å². The van der Waals surface area contributed by atoms with E-state index in [0.717, 1.165) is 12.1 Å². The highest BCUT2D eigenvalue weighted by Gasteiger charge is 2.11. The summed E-state index contributed by atoms with van der Waals surface area (Å²) in [4.78, 5) is 11.6. The predicted molar refractivity (Wildman–Crippen MR) is 70.9 cm³/mol. The van der Waals surface area contributed by atoms with Gasteiger partial charge in [0.1, 0.15) is 0 Å². The van der Waals surface area contributed by atoms with Gasteiger partial charge >= 0.3 is 0 Å². The van der Waals surface area contributed by atoms with Crippen LogP contribution < -0.4 is 10.6 Å². The van der Waals surface area contributed by atoms with Gasteiger partial charge in [-0.25, -0.2) is 0 Å². The average molecular weight is 242 g/mol. The lowest BCUT2D eigenvalue weighted by Crippen LogP contribution is -2.44. The molecule has 1 atom stereocenters. The Kier molecular flexibility index (Phi) is 8.72. The molecule has 0 aromatic heterocycles. The molecule has 0 rings (SSSR count). The van der Waals surface area contributed by atoms with E-state index in [1.54, 1.807) is 0 Å². The molecular weight excluding hydrogens is 216 g/mol. The first-order valence-electron chi connectivity index (χ1n) is 6.16. The van der Waals surface area contributed by atoms with Crippen LogP contribution >= 0.6 is 0 Å². The fourth-order valence-electron chi connectivity index (χ4n) is 1.14. The van der Waals surface area contributed by atoms with Gasteiger partial charge in [-0.1, -0.05) is 26.0 Å². The van der Waals surface area contributed by atoms with Crippen molar-refractivity contribution in [2.24, 2.45) is 5.92 Å². The van der Waals surface area contributed by atoms with Gasteiger partial charge in [-0.2, -0.15) is 0 Å². The SMILES string of the molecule is C=C(C)COCCNC(C)C(=O)NCC(C)C. The van der Waals surface area contributed by atoms with Crippen molar-refractivity contribution in [3.8, 4) is 0 Å². The summed E-state index contributed by atoms with van der Waals surface area (Å²) in [7, 11) is 0. The van der Waals surface area contributed by atoms with Gasteiger partial charge in [-0.3, -0.25) is 4.79 Å². The van der Waals surface area contributed by atoms with Gasteiger partial charge in [-0.05, 0) is 19.8 Å². The number of hydrogen-bond donors (Lipinski definition) is 2. The molecular formula is C13H26N2O2. The monoisotopic (exact) mass is 242 g/mol. The maximum absolute atomic E-state index is 11.6. The minimum atomic E-state index is -0.179. The average Bonchev–Trinajstić information content (AvgIpc) is 2.24. The van der Waals surface area contributed by atoms with E-state index in [4.69, 9.17) is 4.74 Å². The molecule has 0 saturated heterocycles. The summed E-state index contributed by atoms with van der Waals surface area (Å²) < 4.78 is 5.33. The zero-order valence-electron chi connectivity index (χ0n) is 11.5. The molecule has 0 spiro atoms. The Morgan fingerprint density at radius 2 is 2.00 bits per heavy atom. The van der Waals surface area contributed by atoms with Crippen LogP contribution in [0, 0.1) is 5.92 Å². The third-order valence-corrected chi connectivity index (χ3v) is 2.12. The number of carbonyl (C=O) groups is 1. The van der Waals surface area contributed by atoms with E-state index in [2.05, 4.69) is 31.1 Å². The van der Waals surface area contributed by atoms with Gasteiger partial charge in [0.15, 0.2) is 0 Å². The van der Waals surface area contributed by atoms with Crippen molar-refractivity contribution in [3.05, 3.63) is 12.2 Å². The van der Waals surface area contributed by atoms with Crippen LogP contribution in [0.3, 0.4) is 0 Å². The van der Waals surface area contributed by atoms with Crippen LogP contribution in [0.2, 0.25) is 0 Å². The van der Waals surface area contributed by atoms with Gasteiger partial charge < -0.3 is 15.4 Å². The molecule has 100 valence electrons. The predicted octanol–water partition coefficient (Wildman–Crippen LogP) is 1.33. The van der Waals surface area contributed by atoms with Crippen LogP contribution in [0.5, 0.6) is 0 Å². The van der Waals surface area contributed by atoms with E-state index in [1.165, 1.54) is 0 Å². The first-order chi connectivity index (χ1) is 7.93. The van der Waals surface area contributed by atoms with E-state index < -0.39 is 0 Å². The Morgan fingerprint density at radius 1 is 1.35 bits per heavy atom. The molecule has 0 saturated carbocycles. The molecule has 4 heteroatoms. The molecule has 0 fully saturated rings. The molecule has 0 bridgehead atoms. The minimum Gasteiger partial charge on any atom is -0.376 e. The van der Waals surface area contributed by atoms with Crippen molar-refractivity contribution in [3.63, 3.8) is 0 Å². The standard InChI is InChI=1S/C13H26N2O2/c1-10(2)8-15-13(16)12(5)14-6-7-17-9-11(3)4/h10,12,14H,3,6-9H2,1-2,4-5H3,(H,15,16). The van der Waals surface area contributed by atoms with E-state index in [0.29, 0.717) is 25.7 Å². The van der Waals surface area contributed by atoms with E-state index in [-0.39, 0.29) is 11.9 Å². The first kappa shape index (κ1) is 16.1. The molecule has 17 heavy (non-hydrogen) atoms. The first-order valence-corrected chi connectivity index (χ1v) is 6.16. The molecule has 0 radical (unpaired) electrons. The Balaban J connectivity index is 3.53. The zero-order chi connectivity index (χ0) is 13.3. The maximum atomic E-state index is 11.6. The van der Waals surface area contributed by atoms with E-state index >= 15 is 0 Å². The lowest BCUT2D eigenvalue weighted by atomic mass is 10.2. The minimum absolute atomic E-state index is 0.0404. The Bertz CT molecular complexity index is 240. The fraction of sp³-hybridized carbons (Fsp3) is 0.769. The smallest absolute Gasteiger partial charge is 0.236 e. The van der Waals surface area contributed by atoms with Gasteiger partial charge in [0.2, 0.25) is 5.91 Å². The molecule has 0 aliphatic carbocycles. The number of amides is 1. The zero-order valence-corrected chi connectivity index (χ0v) is 11.5. The lowest BCUT2D eigenvalue weighted by molar-refractivity contribution is -0.122. The van der Waals surface area contributed by atoms with Crippen LogP contribution in [0.4, 0.5) is 0 Å². The van der Waals surface area contributed by atoms with E-state index in [1.807, 2.05) is 13.8 Å². The highest BCUT2D eigenvalue weighted by Crippen LogP contribution is 1.90. The number of hydrogen-bond acceptors (Lipinski definition) is 3. The second-order valence-corrected chi connectivity index (χ2v) is 4.82. The summed E-state index contributed by atoms with van der Waals surface area (Å²) in [5, 5.41) is 6.00. The van der Waals surface area contributed by atoms with Crippen molar-refractivity contribution >= 4 is 5.91 Å². The Hall–Kier alpha value is -0.870. The number of rotatable bonds is 9. The summed E-state index contributed by atoms with van der Waals surface area (Å²) in [6.45, 7) is 14.2. The molecule has 4 nitrogen and oxygen atoms in total. The fourth-order valence-corrected chi connectivity index (χ4v) is 1.14. The van der Waals surface area contributed by atoms with Gasteiger partial charge in [0.25, 0.3) is 0 Å². The van der Waals surface area contributed by atoms with Crippen LogP contribution in [0.1, 0.15) is 27.7 Å². The molecule has 1 amide bonds. The van der Waals surface area contributed by atoms with Crippen molar-refractivity contribution in [1.29, 1.82) is 0 Å². The highest BCUT2D eigenvalue weighted by atomic mass is 16.5. The molecule has 2 N–H and O–H groups in total. The van der Waals surface area contributed by atoms with Gasteiger partial charge in [-0.15, -0.1) is 0 Å². The molecule has 0 aromatic carbocycles. The largest absolute Gasteiger partial charge is 0.376 e. The Morgan fingerprint density at radius 3 is 2.53 bits per heavy atom. The molecule has 0 aliphatic heterocycles. The maximum Gasteiger partial charge on any atom is 0.236 e. The van der Waals surface area contributed by atoms with E-state index in [9.17, 15) is 4.79 Å². The van der Waals surface area contributed by atoms with Gasteiger partial charge in [0.05, 0.1) is 19.3 Å². The summed E-state index contributed by atoms with van der Waals surface area (Å²) in [5.74, 6) is 0.517. The van der Waals surface area contributed by atoms with Crippen molar-refractivity contribution in [2.45, 2.75) is 33.7 Å². The molecule has 0 aromatic rings. The molecule has 1 unspecified atom stereocenters. The van der Waals surface area contributed by atoms with Crippen LogP contribution in [-0.2, 0) is 9.53 Å². The number of ether oxygens (including phenoxy) is 1. The number of carbonyl (C=O) groups excluding carboxylic acids is 1. The quantitative estimate of drug-likeness (QED) is 0.474. The number of nitrogens with one attached hydrogen (secondary N) is 2. The third-order valence-electron chi connectivity index (χ3n) is 2.12. The van der Waals surface area contributed by atoms with Crippen molar-refractivity contribution in [1.82, 2.24) is 10.6 Å². The third kappa shape index (κ3) is 10.0. The summed E-state index contributed by atoms with van der Waals surface area (Å²) >= 11 is 0. The second kappa shape index (κ2) is 9.19. The summed E-state index contributed by atoms with van der Waals surface area (Å²) in [5.41, 5.74) is 1.01. The van der Waals surface area contributed by atoms with Crippen LogP contribution in [0.15, 0.2) is 12.2 Å². The Labute approximate surface area is 105 Å². The topological polar surface area (TPSA) is 50.4 Å². The summed E-state index contributed by atoms with van der Waals surface area (Å²) in [6.07, 6.45) is 0. The molecule has 0 heterocycles. The second-order valence-electron chi connectivity index (χ2n) is 4.82. The van der Waals surface area contributed by atoms with Gasteiger partial charge in [0, 0.05) is 13.1 Å². The lowest BCUT2D eigenvalue weighted by Gasteiger charge is -2.15. The summed E-state index contributed by atoms with van der Waals surface area (Å²) in [6, 6.07) is -0.179.